The first kappa shape index (κ1) is 23.0. The Morgan fingerprint density at radius 2 is 1.83 bits per heavy atom. The molecule has 0 saturated carbocycles. The Kier molecular flexibility index (Phi) is 5.76. The predicted molar refractivity (Wildman–Crippen MR) is 127 cm³/mol. The average Bonchev–Trinajstić information content (AvgIpc) is 2.82. The molecule has 0 amide bonds. The molecule has 0 bridgehead atoms. The van der Waals surface area contributed by atoms with Gasteiger partial charge in [0, 0.05) is 37.1 Å². The molecule has 1 saturated heterocycles. The SMILES string of the molecule is Cc1cc(C2CN(c3nc(-c4ccc(F)cc4F)c4nc(C)n(C)c(=O)c4n3)CC(C)O2)ccn1. The number of hydrogen-bond acceptors (Lipinski definition) is 7. The average molecular weight is 479 g/mol. The number of ether oxygens (including phenoxy) is 1. The van der Waals surface area contributed by atoms with Gasteiger partial charge in [0.2, 0.25) is 5.95 Å². The lowest BCUT2D eigenvalue weighted by Crippen LogP contribution is -2.44. The van der Waals surface area contributed by atoms with Gasteiger partial charge in [-0.3, -0.25) is 14.3 Å². The van der Waals surface area contributed by atoms with Crippen molar-refractivity contribution in [3.8, 4) is 11.3 Å². The van der Waals surface area contributed by atoms with Crippen LogP contribution in [0.25, 0.3) is 22.3 Å². The van der Waals surface area contributed by atoms with Crippen molar-refractivity contribution in [3.63, 3.8) is 0 Å². The van der Waals surface area contributed by atoms with Gasteiger partial charge >= 0.3 is 0 Å². The monoisotopic (exact) mass is 478 g/mol. The minimum atomic E-state index is -0.795. The first-order chi connectivity index (χ1) is 16.7. The normalized spacial score (nSPS) is 18.3. The molecule has 8 nitrogen and oxygen atoms in total. The molecule has 0 aliphatic carbocycles. The Morgan fingerprint density at radius 1 is 1.03 bits per heavy atom. The molecule has 3 aromatic heterocycles. The van der Waals surface area contributed by atoms with Crippen LogP contribution in [0.3, 0.4) is 0 Å². The van der Waals surface area contributed by atoms with E-state index < -0.39 is 11.6 Å². The maximum Gasteiger partial charge on any atom is 0.279 e. The minimum Gasteiger partial charge on any atom is -0.367 e. The fourth-order valence-corrected chi connectivity index (χ4v) is 4.32. The molecule has 0 radical (unpaired) electrons. The molecular weight excluding hydrogens is 454 g/mol. The molecular formula is C25H24F2N6O2. The molecule has 1 fully saturated rings. The van der Waals surface area contributed by atoms with Crippen LogP contribution in [0.2, 0.25) is 0 Å². The van der Waals surface area contributed by atoms with Gasteiger partial charge in [0.15, 0.2) is 5.52 Å². The Balaban J connectivity index is 1.68. The summed E-state index contributed by atoms with van der Waals surface area (Å²) in [6, 6.07) is 7.10. The zero-order valence-electron chi connectivity index (χ0n) is 19.8. The smallest absolute Gasteiger partial charge is 0.279 e. The van der Waals surface area contributed by atoms with E-state index in [4.69, 9.17) is 4.74 Å². The van der Waals surface area contributed by atoms with E-state index >= 15 is 0 Å². The van der Waals surface area contributed by atoms with E-state index in [0.717, 1.165) is 23.4 Å². The number of pyridine rings is 1. The van der Waals surface area contributed by atoms with Crippen molar-refractivity contribution in [2.45, 2.75) is 33.0 Å². The maximum atomic E-state index is 14.9. The second kappa shape index (κ2) is 8.77. The molecule has 1 aromatic carbocycles. The van der Waals surface area contributed by atoms with Gasteiger partial charge in [0.1, 0.15) is 34.8 Å². The van der Waals surface area contributed by atoms with Crippen molar-refractivity contribution in [1.82, 2.24) is 24.5 Å². The number of nitrogens with zero attached hydrogens (tertiary/aromatic N) is 6. The predicted octanol–water partition coefficient (Wildman–Crippen LogP) is 3.65. The molecule has 0 N–H and O–H groups in total. The lowest BCUT2D eigenvalue weighted by molar-refractivity contribution is -0.0179. The molecule has 2 unspecified atom stereocenters. The lowest BCUT2D eigenvalue weighted by Gasteiger charge is -2.37. The van der Waals surface area contributed by atoms with E-state index in [0.29, 0.717) is 18.9 Å². The highest BCUT2D eigenvalue weighted by atomic mass is 19.1. The largest absolute Gasteiger partial charge is 0.367 e. The Morgan fingerprint density at radius 3 is 2.57 bits per heavy atom. The van der Waals surface area contributed by atoms with Crippen LogP contribution >= 0.6 is 0 Å². The van der Waals surface area contributed by atoms with Crippen LogP contribution in [0.5, 0.6) is 0 Å². The van der Waals surface area contributed by atoms with E-state index in [2.05, 4.69) is 19.9 Å². The van der Waals surface area contributed by atoms with Gasteiger partial charge < -0.3 is 9.64 Å². The summed E-state index contributed by atoms with van der Waals surface area (Å²) in [5.74, 6) is -0.820. The number of anilines is 1. The van der Waals surface area contributed by atoms with Gasteiger partial charge in [0.25, 0.3) is 5.56 Å². The van der Waals surface area contributed by atoms with Gasteiger partial charge in [0.05, 0.1) is 12.6 Å². The molecule has 4 heterocycles. The van der Waals surface area contributed by atoms with Crippen molar-refractivity contribution in [3.05, 3.63) is 75.6 Å². The highest BCUT2D eigenvalue weighted by Crippen LogP contribution is 2.32. The number of halogens is 2. The number of aryl methyl sites for hydroxylation is 2. The Bertz CT molecular complexity index is 1510. The summed E-state index contributed by atoms with van der Waals surface area (Å²) in [4.78, 5) is 33.0. The zero-order valence-corrected chi connectivity index (χ0v) is 19.8. The van der Waals surface area contributed by atoms with Gasteiger partial charge in [-0.2, -0.15) is 0 Å². The van der Waals surface area contributed by atoms with Crippen molar-refractivity contribution in [2.24, 2.45) is 7.05 Å². The highest BCUT2D eigenvalue weighted by molar-refractivity contribution is 5.89. The number of benzene rings is 1. The zero-order chi connectivity index (χ0) is 24.9. The summed E-state index contributed by atoms with van der Waals surface area (Å²) in [5, 5.41) is 0. The first-order valence-electron chi connectivity index (χ1n) is 11.2. The van der Waals surface area contributed by atoms with Crippen LogP contribution < -0.4 is 10.5 Å². The summed E-state index contributed by atoms with van der Waals surface area (Å²) < 4.78 is 36.0. The fourth-order valence-electron chi connectivity index (χ4n) is 4.32. The first-order valence-corrected chi connectivity index (χ1v) is 11.2. The van der Waals surface area contributed by atoms with Crippen molar-refractivity contribution in [2.75, 3.05) is 18.0 Å². The summed E-state index contributed by atoms with van der Waals surface area (Å²) in [6.07, 6.45) is 1.30. The van der Waals surface area contributed by atoms with Crippen LogP contribution in [0.1, 0.15) is 30.1 Å². The van der Waals surface area contributed by atoms with Crippen LogP contribution in [-0.2, 0) is 11.8 Å². The summed E-state index contributed by atoms with van der Waals surface area (Å²) in [6.45, 7) is 6.42. The topological polar surface area (TPSA) is 86.0 Å². The Labute approximate surface area is 200 Å². The molecule has 10 heteroatoms. The molecule has 35 heavy (non-hydrogen) atoms. The number of aromatic nitrogens is 5. The quantitative estimate of drug-likeness (QED) is 0.444. The van der Waals surface area contributed by atoms with Gasteiger partial charge in [-0.05, 0) is 50.6 Å². The van der Waals surface area contributed by atoms with Crippen LogP contribution in [-0.4, -0.2) is 43.7 Å². The van der Waals surface area contributed by atoms with Crippen molar-refractivity contribution >= 4 is 17.0 Å². The lowest BCUT2D eigenvalue weighted by atomic mass is 10.1. The molecule has 1 aliphatic heterocycles. The number of morpholine rings is 1. The standard InChI is InChI=1S/C25H24F2N6O2/c1-13-9-16(7-8-28-13)20-12-33(11-14(2)35-20)25-30-21(18-6-5-17(26)10-19(18)27)22-23(31-25)24(34)32(4)15(3)29-22/h5-10,14,20H,11-12H2,1-4H3. The third-order valence-corrected chi connectivity index (χ3v) is 6.16. The van der Waals surface area contributed by atoms with Crippen LogP contribution in [0.15, 0.2) is 41.3 Å². The fraction of sp³-hybridized carbons (Fsp3) is 0.320. The molecule has 4 aromatic rings. The third kappa shape index (κ3) is 4.25. The van der Waals surface area contributed by atoms with Gasteiger partial charge in [-0.1, -0.05) is 0 Å². The molecule has 1 aliphatic rings. The van der Waals surface area contributed by atoms with Crippen LogP contribution in [0, 0.1) is 25.5 Å². The maximum absolute atomic E-state index is 14.9. The summed E-state index contributed by atoms with van der Waals surface area (Å²) >= 11 is 0. The highest BCUT2D eigenvalue weighted by Gasteiger charge is 2.30. The molecule has 0 spiro atoms. The molecule has 2 atom stereocenters. The van der Waals surface area contributed by atoms with Gasteiger partial charge in [-0.15, -0.1) is 0 Å². The molecule has 180 valence electrons. The van der Waals surface area contributed by atoms with E-state index in [9.17, 15) is 13.6 Å². The van der Waals surface area contributed by atoms with E-state index in [1.807, 2.05) is 30.9 Å². The molecule has 5 rings (SSSR count). The van der Waals surface area contributed by atoms with E-state index in [-0.39, 0.29) is 46.0 Å². The number of fused-ring (bicyclic) bond motifs is 1. The van der Waals surface area contributed by atoms with Crippen LogP contribution in [0.4, 0.5) is 14.7 Å². The number of rotatable bonds is 3. The summed E-state index contributed by atoms with van der Waals surface area (Å²) in [7, 11) is 1.60. The van der Waals surface area contributed by atoms with Gasteiger partial charge in [-0.25, -0.2) is 23.7 Å². The second-order valence-corrected chi connectivity index (χ2v) is 8.79. The summed E-state index contributed by atoms with van der Waals surface area (Å²) in [5.41, 5.74) is 1.88. The number of hydrogen-bond donors (Lipinski definition) is 0. The van der Waals surface area contributed by atoms with Crippen molar-refractivity contribution in [1.29, 1.82) is 0 Å². The van der Waals surface area contributed by atoms with E-state index in [1.165, 1.54) is 10.6 Å². The minimum absolute atomic E-state index is 0.0443. The van der Waals surface area contributed by atoms with Crippen molar-refractivity contribution < 1.29 is 13.5 Å². The second-order valence-electron chi connectivity index (χ2n) is 8.79. The Hall–Kier alpha value is -3.79. The van der Waals surface area contributed by atoms with E-state index in [1.54, 1.807) is 20.2 Å². The third-order valence-electron chi connectivity index (χ3n) is 6.16.